The van der Waals surface area contributed by atoms with Crippen LogP contribution in [-0.4, -0.2) is 64.5 Å². The summed E-state index contributed by atoms with van der Waals surface area (Å²) >= 11 is 2.64. The third-order valence-electron chi connectivity index (χ3n) is 4.29. The van der Waals surface area contributed by atoms with Crippen LogP contribution in [0.4, 0.5) is 4.79 Å². The minimum absolute atomic E-state index is 0.0681. The minimum atomic E-state index is -1.66. The number of thiophene rings is 1. The van der Waals surface area contributed by atoms with Crippen LogP contribution >= 0.6 is 23.1 Å². The van der Waals surface area contributed by atoms with Gasteiger partial charge in [-0.1, -0.05) is 0 Å². The van der Waals surface area contributed by atoms with Crippen LogP contribution < -0.4 is 11.1 Å². The molecule has 0 bridgehead atoms. The number of ether oxygens (including phenoxy) is 2. The van der Waals surface area contributed by atoms with E-state index in [9.17, 15) is 24.3 Å². The number of nitrogens with one attached hydrogen (secondary N) is 1. The summed E-state index contributed by atoms with van der Waals surface area (Å²) in [6.45, 7) is -0.342. The Balaban J connectivity index is 1.81. The van der Waals surface area contributed by atoms with Crippen molar-refractivity contribution >= 4 is 47.0 Å². The van der Waals surface area contributed by atoms with E-state index in [1.165, 1.54) is 30.2 Å². The van der Waals surface area contributed by atoms with E-state index >= 15 is 0 Å². The van der Waals surface area contributed by atoms with Gasteiger partial charge in [-0.15, -0.1) is 11.8 Å². The Kier molecular flexibility index (Phi) is 5.63. The lowest BCUT2D eigenvalue weighted by Crippen LogP contribution is -2.80. The number of carboxylic acids is 1. The number of amides is 3. The van der Waals surface area contributed by atoms with Gasteiger partial charge in [0.15, 0.2) is 0 Å². The summed E-state index contributed by atoms with van der Waals surface area (Å²) in [6.07, 6.45) is -0.982. The average molecular weight is 427 g/mol. The van der Waals surface area contributed by atoms with Crippen LogP contribution in [0.1, 0.15) is 5.56 Å². The lowest BCUT2D eigenvalue weighted by Gasteiger charge is -2.55. The first-order chi connectivity index (χ1) is 13.3. The number of carbonyl (C=O) groups excluding carboxylic acids is 3. The summed E-state index contributed by atoms with van der Waals surface area (Å²) in [5.74, 6) is -2.32. The van der Waals surface area contributed by atoms with Crippen molar-refractivity contribution in [1.82, 2.24) is 10.2 Å². The molecule has 150 valence electrons. The highest BCUT2D eigenvalue weighted by Crippen LogP contribution is 2.46. The molecule has 0 spiro atoms. The van der Waals surface area contributed by atoms with Crippen LogP contribution in [0.3, 0.4) is 0 Å². The highest BCUT2D eigenvalue weighted by molar-refractivity contribution is 8.00. The lowest BCUT2D eigenvalue weighted by atomic mass is 9.98. The van der Waals surface area contributed by atoms with Gasteiger partial charge >= 0.3 is 12.1 Å². The standard InChI is InChI=1S/C16H17N3O7S2/c1-25-16(18-10(20)4-8-2-3-27-6-8)13(23)19-11(12(21)22)9(5-26-15(17)24)7-28-14(16)19/h2-3,6,14H,4-5,7H2,1H3,(H2,17,24)(H,18,20)(H,21,22). The number of aliphatic carboxylic acids is 1. The quantitative estimate of drug-likeness (QED) is 0.410. The first kappa shape index (κ1) is 20.2. The molecule has 1 aromatic rings. The molecule has 2 aliphatic rings. The van der Waals surface area contributed by atoms with Gasteiger partial charge in [-0.25, -0.2) is 9.59 Å². The molecule has 0 saturated carbocycles. The SMILES string of the molecule is COC1(NC(=O)Cc2ccsc2)C(=O)N2C(C(=O)O)=C(COC(N)=O)CSC21. The van der Waals surface area contributed by atoms with E-state index in [2.05, 4.69) is 10.1 Å². The number of primary amides is 1. The van der Waals surface area contributed by atoms with Gasteiger partial charge in [-0.05, 0) is 22.4 Å². The van der Waals surface area contributed by atoms with E-state index < -0.39 is 35.0 Å². The molecule has 0 radical (unpaired) electrons. The van der Waals surface area contributed by atoms with Crippen molar-refractivity contribution in [2.24, 2.45) is 5.73 Å². The Morgan fingerprint density at radius 1 is 1.46 bits per heavy atom. The maximum Gasteiger partial charge on any atom is 0.404 e. The molecule has 3 heterocycles. The van der Waals surface area contributed by atoms with Crippen LogP contribution in [0.2, 0.25) is 0 Å². The second-order valence-corrected chi connectivity index (χ2v) is 7.85. The fourth-order valence-corrected chi connectivity index (χ4v) is 5.13. The van der Waals surface area contributed by atoms with Crippen LogP contribution in [0.5, 0.6) is 0 Å². The van der Waals surface area contributed by atoms with Gasteiger partial charge in [0.25, 0.3) is 11.6 Å². The number of hydrogen-bond donors (Lipinski definition) is 3. The van der Waals surface area contributed by atoms with E-state index in [0.717, 1.165) is 10.5 Å². The van der Waals surface area contributed by atoms with Gasteiger partial charge in [-0.3, -0.25) is 14.5 Å². The van der Waals surface area contributed by atoms with Crippen molar-refractivity contribution < 1.29 is 33.8 Å². The fraction of sp³-hybridized carbons (Fsp3) is 0.375. The number of nitrogens with zero attached hydrogens (tertiary/aromatic N) is 1. The van der Waals surface area contributed by atoms with Crippen molar-refractivity contribution in [3.63, 3.8) is 0 Å². The zero-order chi connectivity index (χ0) is 20.5. The van der Waals surface area contributed by atoms with E-state index in [0.29, 0.717) is 0 Å². The zero-order valence-electron chi connectivity index (χ0n) is 14.7. The minimum Gasteiger partial charge on any atom is -0.477 e. The molecule has 2 unspecified atom stereocenters. The van der Waals surface area contributed by atoms with Crippen molar-refractivity contribution in [3.8, 4) is 0 Å². The maximum absolute atomic E-state index is 12.8. The first-order valence-corrected chi connectivity index (χ1v) is 9.99. The number of thioether (sulfide) groups is 1. The molecule has 1 fully saturated rings. The molecule has 28 heavy (non-hydrogen) atoms. The summed E-state index contributed by atoms with van der Waals surface area (Å²) in [6, 6.07) is 1.80. The Hall–Kier alpha value is -2.57. The molecular formula is C16H17N3O7S2. The Morgan fingerprint density at radius 2 is 2.21 bits per heavy atom. The van der Waals surface area contributed by atoms with Gasteiger partial charge in [0.2, 0.25) is 5.91 Å². The van der Waals surface area contributed by atoms with Gasteiger partial charge in [0, 0.05) is 18.4 Å². The van der Waals surface area contributed by atoms with Crippen LogP contribution in [0.25, 0.3) is 0 Å². The number of hydrogen-bond acceptors (Lipinski definition) is 8. The third-order valence-corrected chi connectivity index (χ3v) is 6.40. The average Bonchev–Trinajstić information content (AvgIpc) is 3.15. The fourth-order valence-electron chi connectivity index (χ4n) is 3.04. The van der Waals surface area contributed by atoms with Crippen molar-refractivity contribution in [2.75, 3.05) is 19.5 Å². The first-order valence-electron chi connectivity index (χ1n) is 8.00. The van der Waals surface area contributed by atoms with Crippen molar-refractivity contribution in [2.45, 2.75) is 17.5 Å². The van der Waals surface area contributed by atoms with E-state index in [-0.39, 0.29) is 30.1 Å². The van der Waals surface area contributed by atoms with E-state index in [1.807, 2.05) is 10.8 Å². The number of carboxylic acid groups (broad SMARTS) is 1. The number of rotatable bonds is 7. The van der Waals surface area contributed by atoms with Crippen LogP contribution in [0.15, 0.2) is 28.1 Å². The van der Waals surface area contributed by atoms with Crippen LogP contribution in [-0.2, 0) is 30.3 Å². The Labute approximate surface area is 167 Å². The Bertz CT molecular complexity index is 854. The molecule has 0 aliphatic carbocycles. The summed E-state index contributed by atoms with van der Waals surface area (Å²) in [5.41, 5.74) is 4.00. The summed E-state index contributed by atoms with van der Waals surface area (Å²) in [7, 11) is 1.27. The molecule has 1 saturated heterocycles. The molecular weight excluding hydrogens is 410 g/mol. The third kappa shape index (κ3) is 3.45. The molecule has 2 aliphatic heterocycles. The van der Waals surface area contributed by atoms with E-state index in [1.54, 1.807) is 6.07 Å². The highest BCUT2D eigenvalue weighted by atomic mass is 32.2. The predicted octanol–water partition coefficient (Wildman–Crippen LogP) is 0.0986. The van der Waals surface area contributed by atoms with Gasteiger partial charge in [0.1, 0.15) is 17.7 Å². The van der Waals surface area contributed by atoms with Gasteiger partial charge < -0.3 is 25.6 Å². The number of fused-ring (bicyclic) bond motifs is 1. The van der Waals surface area contributed by atoms with Crippen molar-refractivity contribution in [3.05, 3.63) is 33.7 Å². The summed E-state index contributed by atoms with van der Waals surface area (Å²) in [5, 5.41) is 15.0. The lowest BCUT2D eigenvalue weighted by molar-refractivity contribution is -0.192. The predicted molar refractivity (Wildman–Crippen MR) is 99.2 cm³/mol. The summed E-state index contributed by atoms with van der Waals surface area (Å²) in [4.78, 5) is 48.8. The topological polar surface area (TPSA) is 148 Å². The van der Waals surface area contributed by atoms with E-state index in [4.69, 9.17) is 10.5 Å². The molecule has 3 amide bonds. The smallest absolute Gasteiger partial charge is 0.404 e. The number of β-lactam (4-membered cyclic amide) rings is 1. The monoisotopic (exact) mass is 427 g/mol. The second-order valence-electron chi connectivity index (χ2n) is 6.00. The zero-order valence-corrected chi connectivity index (χ0v) is 16.3. The van der Waals surface area contributed by atoms with Gasteiger partial charge in [0.05, 0.1) is 6.42 Å². The number of carbonyl (C=O) groups is 4. The second kappa shape index (κ2) is 7.81. The summed E-state index contributed by atoms with van der Waals surface area (Å²) < 4.78 is 10.0. The Morgan fingerprint density at radius 3 is 2.79 bits per heavy atom. The largest absolute Gasteiger partial charge is 0.477 e. The molecule has 2 atom stereocenters. The highest BCUT2D eigenvalue weighted by Gasteiger charge is 2.66. The normalized spacial score (nSPS) is 23.7. The molecule has 1 aromatic heterocycles. The molecule has 12 heteroatoms. The number of methoxy groups -OCH3 is 1. The van der Waals surface area contributed by atoms with Gasteiger partial charge in [-0.2, -0.15) is 11.3 Å². The molecule has 3 rings (SSSR count). The maximum atomic E-state index is 12.8. The van der Waals surface area contributed by atoms with Crippen LogP contribution in [0, 0.1) is 0 Å². The molecule has 0 aromatic carbocycles. The van der Waals surface area contributed by atoms with Crippen molar-refractivity contribution in [1.29, 1.82) is 0 Å². The molecule has 10 nitrogen and oxygen atoms in total. The number of nitrogens with two attached hydrogens (primary N) is 1. The molecule has 4 N–H and O–H groups in total.